The smallest absolute Gasteiger partial charge is 0.274 e. The molecule has 0 N–H and O–H groups in total. The number of Topliss-reactive ketones (excluding diaryl/α,β-unsaturated/α-hetero) is 1. The lowest BCUT2D eigenvalue weighted by Crippen LogP contribution is -2.49. The molecule has 4 rings (SSSR count). The van der Waals surface area contributed by atoms with E-state index in [0.717, 1.165) is 18.8 Å². The van der Waals surface area contributed by atoms with Gasteiger partial charge in [-0.1, -0.05) is 0 Å². The number of carbonyl (C=O) groups is 2. The molecule has 3 aromatic rings. The maximum atomic E-state index is 12.7. The van der Waals surface area contributed by atoms with E-state index in [1.165, 1.54) is 0 Å². The first-order chi connectivity index (χ1) is 13.6. The fourth-order valence-electron chi connectivity index (χ4n) is 3.21. The van der Waals surface area contributed by atoms with Gasteiger partial charge in [0, 0.05) is 49.8 Å². The molecule has 1 aliphatic heterocycles. The summed E-state index contributed by atoms with van der Waals surface area (Å²) in [6.07, 6.45) is 5.06. The van der Waals surface area contributed by atoms with E-state index < -0.39 is 0 Å². The van der Waals surface area contributed by atoms with E-state index in [-0.39, 0.29) is 11.7 Å². The molecule has 2 aromatic heterocycles. The van der Waals surface area contributed by atoms with Crippen LogP contribution < -0.4 is 4.90 Å². The number of nitrogens with zero attached hydrogens (tertiary/aromatic N) is 6. The van der Waals surface area contributed by atoms with Crippen molar-refractivity contribution < 1.29 is 9.59 Å². The minimum Gasteiger partial charge on any atom is -0.368 e. The molecule has 142 valence electrons. The number of hydrogen-bond acceptors (Lipinski definition) is 6. The Morgan fingerprint density at radius 3 is 2.25 bits per heavy atom. The van der Waals surface area contributed by atoms with Crippen LogP contribution in [0, 0.1) is 0 Å². The highest BCUT2D eigenvalue weighted by Crippen LogP contribution is 2.18. The number of rotatable bonds is 4. The number of imidazole rings is 1. The molecule has 1 aromatic carbocycles. The summed E-state index contributed by atoms with van der Waals surface area (Å²) in [4.78, 5) is 32.1. The molecule has 0 saturated carbocycles. The third-order valence-electron chi connectivity index (χ3n) is 4.84. The van der Waals surface area contributed by atoms with Gasteiger partial charge >= 0.3 is 0 Å². The molecule has 1 fully saturated rings. The van der Waals surface area contributed by atoms with Gasteiger partial charge in [-0.05, 0) is 43.3 Å². The van der Waals surface area contributed by atoms with Gasteiger partial charge in [-0.25, -0.2) is 4.98 Å². The van der Waals surface area contributed by atoms with Gasteiger partial charge in [-0.15, -0.1) is 10.2 Å². The Balaban J connectivity index is 1.38. The minimum absolute atomic E-state index is 0.0575. The second-order valence-corrected chi connectivity index (χ2v) is 6.63. The standard InChI is InChI=1S/C20H20N6O2/c1-15(27)16-2-4-17(5-3-16)24-10-12-25(13-11-24)20(28)18-6-7-19(23-22-18)26-9-8-21-14-26/h2-9,14H,10-13H2,1H3. The lowest BCUT2D eigenvalue weighted by atomic mass is 10.1. The van der Waals surface area contributed by atoms with Crippen molar-refractivity contribution in [1.82, 2.24) is 24.6 Å². The molecule has 0 unspecified atom stereocenters. The van der Waals surface area contributed by atoms with Crippen LogP contribution in [0.15, 0.2) is 55.1 Å². The summed E-state index contributed by atoms with van der Waals surface area (Å²) in [5, 5.41) is 8.19. The van der Waals surface area contributed by atoms with Crippen molar-refractivity contribution in [3.8, 4) is 5.82 Å². The second kappa shape index (κ2) is 7.59. The topological polar surface area (TPSA) is 84.2 Å². The number of piperazine rings is 1. The van der Waals surface area contributed by atoms with Crippen LogP contribution in [0.1, 0.15) is 27.8 Å². The first-order valence-corrected chi connectivity index (χ1v) is 9.09. The van der Waals surface area contributed by atoms with E-state index >= 15 is 0 Å². The number of hydrogen-bond donors (Lipinski definition) is 0. The largest absolute Gasteiger partial charge is 0.368 e. The summed E-state index contributed by atoms with van der Waals surface area (Å²) in [5.74, 6) is 0.561. The molecule has 28 heavy (non-hydrogen) atoms. The zero-order valence-electron chi connectivity index (χ0n) is 15.5. The molecule has 0 spiro atoms. The first-order valence-electron chi connectivity index (χ1n) is 9.09. The van der Waals surface area contributed by atoms with Crippen LogP contribution >= 0.6 is 0 Å². The molecule has 0 atom stereocenters. The number of anilines is 1. The number of carbonyl (C=O) groups excluding carboxylic acids is 2. The molecule has 0 aliphatic carbocycles. The molecule has 0 bridgehead atoms. The molecular formula is C20H20N6O2. The fraction of sp³-hybridized carbons (Fsp3) is 0.250. The van der Waals surface area contributed by atoms with E-state index in [1.54, 1.807) is 47.2 Å². The summed E-state index contributed by atoms with van der Waals surface area (Å²) in [6.45, 7) is 4.23. The van der Waals surface area contributed by atoms with E-state index in [2.05, 4.69) is 20.1 Å². The number of ketones is 1. The Bertz CT molecular complexity index is 959. The van der Waals surface area contributed by atoms with Gasteiger partial charge in [-0.3, -0.25) is 14.2 Å². The third-order valence-corrected chi connectivity index (χ3v) is 4.84. The second-order valence-electron chi connectivity index (χ2n) is 6.63. The van der Waals surface area contributed by atoms with Crippen LogP contribution in [0.3, 0.4) is 0 Å². The Morgan fingerprint density at radius 2 is 1.68 bits per heavy atom. The third kappa shape index (κ3) is 3.62. The van der Waals surface area contributed by atoms with E-state index in [0.29, 0.717) is 30.2 Å². The molecule has 1 amide bonds. The van der Waals surface area contributed by atoms with Gasteiger partial charge < -0.3 is 9.80 Å². The van der Waals surface area contributed by atoms with Crippen molar-refractivity contribution in [3.63, 3.8) is 0 Å². The van der Waals surface area contributed by atoms with Crippen LogP contribution in [0.25, 0.3) is 5.82 Å². The molecule has 8 heteroatoms. The zero-order chi connectivity index (χ0) is 19.5. The van der Waals surface area contributed by atoms with Crippen LogP contribution in [0.4, 0.5) is 5.69 Å². The Morgan fingerprint density at radius 1 is 0.929 bits per heavy atom. The monoisotopic (exact) mass is 376 g/mol. The van der Waals surface area contributed by atoms with Crippen molar-refractivity contribution in [2.75, 3.05) is 31.1 Å². The normalized spacial score (nSPS) is 14.2. The quantitative estimate of drug-likeness (QED) is 0.646. The Hall–Kier alpha value is -3.55. The highest BCUT2D eigenvalue weighted by atomic mass is 16.2. The SMILES string of the molecule is CC(=O)c1ccc(N2CCN(C(=O)c3ccc(-n4ccnc4)nn3)CC2)cc1. The lowest BCUT2D eigenvalue weighted by Gasteiger charge is -2.36. The number of benzene rings is 1. The van der Waals surface area contributed by atoms with Crippen molar-refractivity contribution in [3.05, 3.63) is 66.4 Å². The Labute approximate surface area is 162 Å². The molecule has 1 saturated heterocycles. The van der Waals surface area contributed by atoms with Crippen LogP contribution in [0.2, 0.25) is 0 Å². The predicted octanol–water partition coefficient (Wildman–Crippen LogP) is 1.83. The zero-order valence-corrected chi connectivity index (χ0v) is 15.5. The van der Waals surface area contributed by atoms with Gasteiger partial charge in [0.05, 0.1) is 0 Å². The van der Waals surface area contributed by atoms with Gasteiger partial charge in [0.15, 0.2) is 17.3 Å². The summed E-state index contributed by atoms with van der Waals surface area (Å²) < 4.78 is 1.73. The first kappa shape index (κ1) is 17.8. The van der Waals surface area contributed by atoms with Crippen LogP contribution in [-0.2, 0) is 0 Å². The van der Waals surface area contributed by atoms with Crippen molar-refractivity contribution in [2.45, 2.75) is 6.92 Å². The molecular weight excluding hydrogens is 356 g/mol. The van der Waals surface area contributed by atoms with E-state index in [9.17, 15) is 9.59 Å². The minimum atomic E-state index is -0.115. The van der Waals surface area contributed by atoms with Crippen LogP contribution in [-0.4, -0.2) is 62.5 Å². The van der Waals surface area contributed by atoms with Gasteiger partial charge in [-0.2, -0.15) is 0 Å². The highest BCUT2D eigenvalue weighted by Gasteiger charge is 2.23. The van der Waals surface area contributed by atoms with Gasteiger partial charge in [0.2, 0.25) is 0 Å². The van der Waals surface area contributed by atoms with Crippen LogP contribution in [0.5, 0.6) is 0 Å². The predicted molar refractivity (Wildman–Crippen MR) is 104 cm³/mol. The van der Waals surface area contributed by atoms with Crippen molar-refractivity contribution in [2.24, 2.45) is 0 Å². The lowest BCUT2D eigenvalue weighted by molar-refractivity contribution is 0.0739. The summed E-state index contributed by atoms with van der Waals surface area (Å²) >= 11 is 0. The molecule has 8 nitrogen and oxygen atoms in total. The van der Waals surface area contributed by atoms with Crippen molar-refractivity contribution in [1.29, 1.82) is 0 Å². The summed E-state index contributed by atoms with van der Waals surface area (Å²) in [7, 11) is 0. The maximum Gasteiger partial charge on any atom is 0.274 e. The molecule has 0 radical (unpaired) electrons. The average molecular weight is 376 g/mol. The van der Waals surface area contributed by atoms with E-state index in [4.69, 9.17) is 0 Å². The fourth-order valence-corrected chi connectivity index (χ4v) is 3.21. The molecule has 3 heterocycles. The maximum absolute atomic E-state index is 12.7. The molecule has 1 aliphatic rings. The summed E-state index contributed by atoms with van der Waals surface area (Å²) in [6, 6.07) is 11.0. The van der Waals surface area contributed by atoms with Crippen molar-refractivity contribution >= 4 is 17.4 Å². The number of amides is 1. The average Bonchev–Trinajstić information content (AvgIpc) is 3.28. The van der Waals surface area contributed by atoms with Gasteiger partial charge in [0.25, 0.3) is 5.91 Å². The number of aromatic nitrogens is 4. The van der Waals surface area contributed by atoms with E-state index in [1.807, 2.05) is 24.3 Å². The highest BCUT2D eigenvalue weighted by molar-refractivity contribution is 5.94. The van der Waals surface area contributed by atoms with Gasteiger partial charge in [0.1, 0.15) is 6.33 Å². The summed E-state index contributed by atoms with van der Waals surface area (Å²) in [5.41, 5.74) is 2.10. The Kier molecular flexibility index (Phi) is 4.84.